The Bertz CT molecular complexity index is 1080. The summed E-state index contributed by atoms with van der Waals surface area (Å²) >= 11 is 0. The van der Waals surface area contributed by atoms with Crippen LogP contribution in [0.5, 0.6) is 0 Å². The highest BCUT2D eigenvalue weighted by Gasteiger charge is 2.31. The lowest BCUT2D eigenvalue weighted by atomic mass is 9.69. The first-order valence-corrected chi connectivity index (χ1v) is 16.4. The smallest absolute Gasteiger partial charge is 0.000938 e. The predicted molar refractivity (Wildman–Crippen MR) is 217 cm³/mol. The number of hydrogen-bond donors (Lipinski definition) is 0. The number of benzene rings is 1. The van der Waals surface area contributed by atoms with E-state index in [1.54, 1.807) is 0 Å². The van der Waals surface area contributed by atoms with E-state index in [0.717, 1.165) is 24.8 Å². The van der Waals surface area contributed by atoms with Gasteiger partial charge in [-0.15, -0.1) is 0 Å². The number of unbranched alkanes of at least 4 members (excludes halogenated alkanes) is 1. The van der Waals surface area contributed by atoms with Crippen molar-refractivity contribution in [2.75, 3.05) is 0 Å². The van der Waals surface area contributed by atoms with E-state index in [-0.39, 0.29) is 33.1 Å². The molecule has 0 nitrogen and oxygen atoms in total. The van der Waals surface area contributed by atoms with Gasteiger partial charge in [-0.25, -0.2) is 0 Å². The molecule has 260 valence electrons. The van der Waals surface area contributed by atoms with Gasteiger partial charge in [0, 0.05) is 0 Å². The van der Waals surface area contributed by atoms with Gasteiger partial charge in [-0.05, 0) is 106 Å². The van der Waals surface area contributed by atoms with E-state index in [1.807, 2.05) is 27.7 Å². The summed E-state index contributed by atoms with van der Waals surface area (Å²) in [6.07, 6.45) is 15.6. The molecule has 0 amide bonds. The van der Waals surface area contributed by atoms with Gasteiger partial charge < -0.3 is 0 Å². The van der Waals surface area contributed by atoms with Crippen LogP contribution in [0.2, 0.25) is 0 Å². The van der Waals surface area contributed by atoms with Crippen LogP contribution in [0, 0.1) is 12.3 Å². The molecule has 1 aromatic rings. The lowest BCUT2D eigenvalue weighted by molar-refractivity contribution is 0.363. The predicted octanol–water partition coefficient (Wildman–Crippen LogP) is 16.1. The summed E-state index contributed by atoms with van der Waals surface area (Å²) in [7, 11) is 0. The fourth-order valence-electron chi connectivity index (χ4n) is 4.56. The molecule has 0 fully saturated rings. The molecule has 0 aliphatic carbocycles. The van der Waals surface area contributed by atoms with Gasteiger partial charge in [0.2, 0.25) is 0 Å². The molecule has 1 rings (SSSR count). The summed E-state index contributed by atoms with van der Waals surface area (Å²) in [5, 5.41) is 0. The molecule has 0 aromatic heterocycles. The standard InChI is InChI=1S/C27H42.C13H20.C2H6.3CH4/c1-10-13-18-27(12-3,25-16-14-21(4)15-17-25)20-22(5)24(11-2)19-23(6)26(7,8)9;1-7-8-13(11(4)5)9-12(6)10(2)3;1-2;;;/h14-17,19H,5-6,10-13,18,20H2,1-4,7-9H3;7-9H,2H2,1,3-6H3;1-2H3;3*1H4/b24-19+;8-7-,12-9+;;;;. The van der Waals surface area contributed by atoms with Crippen molar-refractivity contribution in [2.45, 2.75) is 163 Å². The Hall–Kier alpha value is -2.60. The van der Waals surface area contributed by atoms with Gasteiger partial charge in [0.1, 0.15) is 0 Å². The summed E-state index contributed by atoms with van der Waals surface area (Å²) < 4.78 is 0. The second-order valence-electron chi connectivity index (χ2n) is 12.7. The number of aryl methyl sites for hydroxylation is 1. The zero-order valence-corrected chi connectivity index (χ0v) is 30.5. The molecular formula is C45H80. The molecule has 0 aliphatic rings. The van der Waals surface area contributed by atoms with Crippen molar-refractivity contribution in [3.05, 3.63) is 118 Å². The van der Waals surface area contributed by atoms with Crippen LogP contribution in [0.25, 0.3) is 0 Å². The first-order valence-electron chi connectivity index (χ1n) is 16.4. The zero-order chi connectivity index (χ0) is 33.1. The molecule has 0 spiro atoms. The van der Waals surface area contributed by atoms with E-state index in [4.69, 9.17) is 0 Å². The zero-order valence-electron chi connectivity index (χ0n) is 30.5. The maximum Gasteiger partial charge on any atom is -0.000938 e. The molecule has 0 bridgehead atoms. The third kappa shape index (κ3) is 19.5. The van der Waals surface area contributed by atoms with Crippen LogP contribution in [0.15, 0.2) is 107 Å². The molecule has 0 saturated carbocycles. The molecule has 0 heterocycles. The van der Waals surface area contributed by atoms with E-state index < -0.39 is 0 Å². The normalized spacial score (nSPS) is 12.4. The van der Waals surface area contributed by atoms with E-state index >= 15 is 0 Å². The molecule has 1 atom stereocenters. The minimum atomic E-state index is 0. The first kappa shape index (κ1) is 52.0. The minimum absolute atomic E-state index is 0. The number of allylic oxidation sites excluding steroid dienone is 11. The summed E-state index contributed by atoms with van der Waals surface area (Å²) in [5.74, 6) is 0. The highest BCUT2D eigenvalue weighted by molar-refractivity contribution is 5.41. The molecule has 1 unspecified atom stereocenters. The summed E-state index contributed by atoms with van der Waals surface area (Å²) in [5.41, 5.74) is 11.9. The SMILES string of the molecule is C.C.C.C=C(C)/C(C)=C/C(/C=C\C)=C(C)C.C=C(CC(CC)(CCCC)c1ccc(C)cc1)/C(=C/C(=C)C(C)(C)C)CC.CC. The average Bonchev–Trinajstić information content (AvgIpc) is 2.94. The van der Waals surface area contributed by atoms with Gasteiger partial charge in [-0.1, -0.05) is 181 Å². The lowest BCUT2D eigenvalue weighted by Gasteiger charge is -2.35. The van der Waals surface area contributed by atoms with E-state index in [0.29, 0.717) is 0 Å². The van der Waals surface area contributed by atoms with Crippen molar-refractivity contribution < 1.29 is 0 Å². The Labute approximate surface area is 286 Å². The maximum atomic E-state index is 4.54. The van der Waals surface area contributed by atoms with Crippen molar-refractivity contribution in [1.29, 1.82) is 0 Å². The molecule has 0 radical (unpaired) electrons. The second-order valence-corrected chi connectivity index (χ2v) is 12.7. The van der Waals surface area contributed by atoms with Crippen LogP contribution >= 0.6 is 0 Å². The quantitative estimate of drug-likeness (QED) is 0.192. The van der Waals surface area contributed by atoms with Crippen LogP contribution in [0.4, 0.5) is 0 Å². The van der Waals surface area contributed by atoms with E-state index in [2.05, 4.69) is 138 Å². The second kappa shape index (κ2) is 26.6. The van der Waals surface area contributed by atoms with Gasteiger partial charge in [-0.2, -0.15) is 0 Å². The third-order valence-electron chi connectivity index (χ3n) is 8.02. The fourth-order valence-corrected chi connectivity index (χ4v) is 4.56. The fraction of sp³-hybridized carbons (Fsp3) is 0.556. The average molecular weight is 621 g/mol. The molecule has 0 saturated heterocycles. The van der Waals surface area contributed by atoms with Gasteiger partial charge >= 0.3 is 0 Å². The molecule has 0 N–H and O–H groups in total. The Morgan fingerprint density at radius 2 is 1.33 bits per heavy atom. The van der Waals surface area contributed by atoms with E-state index in [1.165, 1.54) is 63.8 Å². The largest absolute Gasteiger partial charge is 0.0958 e. The molecule has 0 heteroatoms. The summed E-state index contributed by atoms with van der Waals surface area (Å²) in [6, 6.07) is 9.19. The van der Waals surface area contributed by atoms with Crippen molar-refractivity contribution in [3.63, 3.8) is 0 Å². The Balaban J connectivity index is -0.000000253. The monoisotopic (exact) mass is 621 g/mol. The molecular weight excluding hydrogens is 540 g/mol. The van der Waals surface area contributed by atoms with E-state index in [9.17, 15) is 0 Å². The highest BCUT2D eigenvalue weighted by atomic mass is 14.3. The minimum Gasteiger partial charge on any atom is -0.0958 e. The summed E-state index contributed by atoms with van der Waals surface area (Å²) in [6.45, 7) is 42.9. The molecule has 45 heavy (non-hydrogen) atoms. The van der Waals surface area contributed by atoms with Crippen LogP contribution < -0.4 is 0 Å². The van der Waals surface area contributed by atoms with Crippen LogP contribution in [0.3, 0.4) is 0 Å². The molecule has 1 aromatic carbocycles. The molecule has 0 aliphatic heterocycles. The van der Waals surface area contributed by atoms with Crippen LogP contribution in [-0.4, -0.2) is 0 Å². The van der Waals surface area contributed by atoms with Crippen LogP contribution in [-0.2, 0) is 5.41 Å². The van der Waals surface area contributed by atoms with Crippen LogP contribution in [0.1, 0.15) is 162 Å². The summed E-state index contributed by atoms with van der Waals surface area (Å²) in [4.78, 5) is 0. The Morgan fingerprint density at radius 1 is 0.822 bits per heavy atom. The number of hydrogen-bond acceptors (Lipinski definition) is 0. The van der Waals surface area contributed by atoms with Crippen molar-refractivity contribution in [3.8, 4) is 0 Å². The Morgan fingerprint density at radius 3 is 1.69 bits per heavy atom. The van der Waals surface area contributed by atoms with Crippen molar-refractivity contribution in [2.24, 2.45) is 5.41 Å². The van der Waals surface area contributed by atoms with Gasteiger partial charge in [0.15, 0.2) is 0 Å². The number of rotatable bonds is 13. The maximum absolute atomic E-state index is 4.54. The van der Waals surface area contributed by atoms with Crippen molar-refractivity contribution in [1.82, 2.24) is 0 Å². The lowest BCUT2D eigenvalue weighted by Crippen LogP contribution is -2.26. The first-order chi connectivity index (χ1) is 19.6. The Kier molecular flexibility index (Phi) is 30.7. The highest BCUT2D eigenvalue weighted by Crippen LogP contribution is 2.41. The van der Waals surface area contributed by atoms with Crippen molar-refractivity contribution >= 4 is 0 Å². The van der Waals surface area contributed by atoms with Gasteiger partial charge in [0.25, 0.3) is 0 Å². The third-order valence-corrected chi connectivity index (χ3v) is 8.02. The van der Waals surface area contributed by atoms with Gasteiger partial charge in [-0.3, -0.25) is 0 Å². The topological polar surface area (TPSA) is 0 Å². The van der Waals surface area contributed by atoms with Gasteiger partial charge in [0.05, 0.1) is 0 Å².